The predicted octanol–water partition coefficient (Wildman–Crippen LogP) is 0.672. The number of hydrogen-bond acceptors (Lipinski definition) is 3. The molecule has 1 unspecified atom stereocenters. The topological polar surface area (TPSA) is 78.4 Å². The lowest BCUT2D eigenvalue weighted by Gasteiger charge is -2.25. The summed E-state index contributed by atoms with van der Waals surface area (Å²) in [6, 6.07) is -0.578. The van der Waals surface area contributed by atoms with Crippen molar-refractivity contribution in [3.05, 3.63) is 0 Å². The van der Waals surface area contributed by atoms with Gasteiger partial charge in [0.2, 0.25) is 11.8 Å². The minimum atomic E-state index is -0.578. The fraction of sp³-hybridized carbons (Fsp3) is 0.846. The van der Waals surface area contributed by atoms with Gasteiger partial charge in [0, 0.05) is 24.0 Å². The van der Waals surface area contributed by atoms with Crippen molar-refractivity contribution in [2.24, 2.45) is 10.8 Å². The summed E-state index contributed by atoms with van der Waals surface area (Å²) < 4.78 is 0. The van der Waals surface area contributed by atoms with Crippen molar-refractivity contribution in [1.29, 1.82) is 0 Å². The van der Waals surface area contributed by atoms with Gasteiger partial charge in [-0.15, -0.1) is 0 Å². The van der Waals surface area contributed by atoms with E-state index in [4.69, 9.17) is 5.11 Å². The molecule has 0 aliphatic rings. The first kappa shape index (κ1) is 16.9. The van der Waals surface area contributed by atoms with Gasteiger partial charge in [-0.05, 0) is 6.92 Å². The summed E-state index contributed by atoms with van der Waals surface area (Å²) in [5.41, 5.74) is -0.873. The van der Waals surface area contributed by atoms with Crippen LogP contribution in [0.3, 0.4) is 0 Å². The van der Waals surface area contributed by atoms with E-state index >= 15 is 0 Å². The highest BCUT2D eigenvalue weighted by Gasteiger charge is 2.26. The molecule has 0 bridgehead atoms. The summed E-state index contributed by atoms with van der Waals surface area (Å²) in [6.45, 7) is 11.1. The molecule has 0 heterocycles. The molecule has 0 saturated carbocycles. The second-order valence-electron chi connectivity index (χ2n) is 6.49. The van der Waals surface area contributed by atoms with Crippen LogP contribution in [0.2, 0.25) is 0 Å². The second kappa shape index (κ2) is 6.18. The van der Waals surface area contributed by atoms with Crippen molar-refractivity contribution < 1.29 is 14.7 Å². The van der Waals surface area contributed by atoms with Gasteiger partial charge >= 0.3 is 0 Å². The molecule has 0 aromatic rings. The zero-order valence-electron chi connectivity index (χ0n) is 12.3. The summed E-state index contributed by atoms with van der Waals surface area (Å²) in [7, 11) is 0. The van der Waals surface area contributed by atoms with E-state index in [2.05, 4.69) is 10.6 Å². The highest BCUT2D eigenvalue weighted by atomic mass is 16.3. The number of aliphatic hydroxyl groups is 1. The molecule has 18 heavy (non-hydrogen) atoms. The summed E-state index contributed by atoms with van der Waals surface area (Å²) in [6.07, 6.45) is 0. The highest BCUT2D eigenvalue weighted by molar-refractivity contribution is 5.89. The Morgan fingerprint density at radius 1 is 1.17 bits per heavy atom. The Morgan fingerprint density at radius 2 is 1.67 bits per heavy atom. The number of carbonyl (C=O) groups is 2. The fourth-order valence-electron chi connectivity index (χ4n) is 1.01. The Kier molecular flexibility index (Phi) is 5.80. The first-order valence-corrected chi connectivity index (χ1v) is 6.19. The number of aliphatic hydroxyl groups excluding tert-OH is 1. The Morgan fingerprint density at radius 3 is 2.06 bits per heavy atom. The van der Waals surface area contributed by atoms with Crippen molar-refractivity contribution in [2.45, 2.75) is 47.6 Å². The predicted molar refractivity (Wildman–Crippen MR) is 70.9 cm³/mol. The number of rotatable bonds is 5. The van der Waals surface area contributed by atoms with Gasteiger partial charge in [0.05, 0.1) is 0 Å². The smallest absolute Gasteiger partial charge is 0.242 e. The van der Waals surface area contributed by atoms with E-state index in [1.54, 1.807) is 27.7 Å². The Hall–Kier alpha value is -1.10. The monoisotopic (exact) mass is 258 g/mol. The van der Waals surface area contributed by atoms with E-state index in [9.17, 15) is 9.59 Å². The van der Waals surface area contributed by atoms with Gasteiger partial charge in [-0.2, -0.15) is 0 Å². The average Bonchev–Trinajstić information content (AvgIpc) is 2.24. The van der Waals surface area contributed by atoms with Crippen molar-refractivity contribution in [1.82, 2.24) is 10.6 Å². The van der Waals surface area contributed by atoms with Gasteiger partial charge in [0.25, 0.3) is 0 Å². The third kappa shape index (κ3) is 6.00. The van der Waals surface area contributed by atoms with Crippen LogP contribution in [0.5, 0.6) is 0 Å². The SMILES string of the molecule is CC(NC(=O)C(C)(C)C)C(=O)NCC(C)(C)CO. The lowest BCUT2D eigenvalue weighted by atomic mass is 9.94. The van der Waals surface area contributed by atoms with Crippen LogP contribution in [0.1, 0.15) is 41.5 Å². The molecule has 5 heteroatoms. The maximum Gasteiger partial charge on any atom is 0.242 e. The molecule has 3 N–H and O–H groups in total. The maximum absolute atomic E-state index is 11.8. The van der Waals surface area contributed by atoms with E-state index in [0.29, 0.717) is 6.54 Å². The van der Waals surface area contributed by atoms with E-state index < -0.39 is 11.5 Å². The summed E-state index contributed by atoms with van der Waals surface area (Å²) in [4.78, 5) is 23.5. The molecule has 0 aliphatic heterocycles. The van der Waals surface area contributed by atoms with Crippen LogP contribution >= 0.6 is 0 Å². The molecule has 0 rings (SSSR count). The van der Waals surface area contributed by atoms with Crippen LogP contribution in [-0.4, -0.2) is 36.1 Å². The molecule has 106 valence electrons. The van der Waals surface area contributed by atoms with Crippen LogP contribution in [0, 0.1) is 10.8 Å². The molecule has 0 spiro atoms. The van der Waals surface area contributed by atoms with Crippen LogP contribution in [0.4, 0.5) is 0 Å². The quantitative estimate of drug-likeness (QED) is 0.678. The van der Waals surface area contributed by atoms with E-state index in [1.165, 1.54) is 0 Å². The van der Waals surface area contributed by atoms with Crippen molar-refractivity contribution >= 4 is 11.8 Å². The molecule has 0 fully saturated rings. The van der Waals surface area contributed by atoms with Crippen LogP contribution in [0.15, 0.2) is 0 Å². The lowest BCUT2D eigenvalue weighted by Crippen LogP contribution is -2.50. The molecule has 1 atom stereocenters. The maximum atomic E-state index is 11.8. The fourth-order valence-corrected chi connectivity index (χ4v) is 1.01. The van der Waals surface area contributed by atoms with E-state index in [-0.39, 0.29) is 23.8 Å². The molecule has 5 nitrogen and oxygen atoms in total. The normalized spacial score (nSPS) is 13.9. The molecular weight excluding hydrogens is 232 g/mol. The van der Waals surface area contributed by atoms with E-state index in [1.807, 2.05) is 13.8 Å². The third-order valence-corrected chi connectivity index (χ3v) is 2.59. The zero-order chi connectivity index (χ0) is 14.6. The molecule has 0 aromatic carbocycles. The summed E-state index contributed by atoms with van der Waals surface area (Å²) >= 11 is 0. The zero-order valence-corrected chi connectivity index (χ0v) is 12.3. The van der Waals surface area contributed by atoms with Crippen LogP contribution in [-0.2, 0) is 9.59 Å². The highest BCUT2D eigenvalue weighted by Crippen LogP contribution is 2.13. The number of hydrogen-bond donors (Lipinski definition) is 3. The molecule has 0 radical (unpaired) electrons. The van der Waals surface area contributed by atoms with Gasteiger partial charge < -0.3 is 15.7 Å². The average molecular weight is 258 g/mol. The van der Waals surface area contributed by atoms with Gasteiger partial charge in [-0.1, -0.05) is 34.6 Å². The first-order chi connectivity index (χ1) is 7.99. The number of amides is 2. The summed E-state index contributed by atoms with van der Waals surface area (Å²) in [5, 5.41) is 14.5. The number of nitrogens with one attached hydrogen (secondary N) is 2. The second-order valence-corrected chi connectivity index (χ2v) is 6.49. The minimum absolute atomic E-state index is 0.00396. The number of carbonyl (C=O) groups excluding carboxylic acids is 2. The minimum Gasteiger partial charge on any atom is -0.396 e. The molecule has 0 aliphatic carbocycles. The van der Waals surface area contributed by atoms with Crippen molar-refractivity contribution in [3.8, 4) is 0 Å². The Labute approximate surface area is 109 Å². The van der Waals surface area contributed by atoms with Crippen LogP contribution in [0.25, 0.3) is 0 Å². The molecular formula is C13H26N2O3. The van der Waals surface area contributed by atoms with Gasteiger partial charge in [0.1, 0.15) is 6.04 Å². The molecule has 2 amide bonds. The molecule has 0 saturated heterocycles. The largest absolute Gasteiger partial charge is 0.396 e. The molecule has 0 aromatic heterocycles. The van der Waals surface area contributed by atoms with Gasteiger partial charge in [-0.3, -0.25) is 9.59 Å². The van der Waals surface area contributed by atoms with Gasteiger partial charge in [-0.25, -0.2) is 0 Å². The first-order valence-electron chi connectivity index (χ1n) is 6.19. The standard InChI is InChI=1S/C13H26N2O3/c1-9(15-11(18)12(2,3)4)10(17)14-7-13(5,6)8-16/h9,16H,7-8H2,1-6H3,(H,14,17)(H,15,18). The van der Waals surface area contributed by atoms with Crippen LogP contribution < -0.4 is 10.6 Å². The van der Waals surface area contributed by atoms with Crippen molar-refractivity contribution in [3.63, 3.8) is 0 Å². The lowest BCUT2D eigenvalue weighted by molar-refractivity contribution is -0.133. The third-order valence-electron chi connectivity index (χ3n) is 2.59. The Balaban J connectivity index is 4.25. The van der Waals surface area contributed by atoms with Gasteiger partial charge in [0.15, 0.2) is 0 Å². The summed E-state index contributed by atoms with van der Waals surface area (Å²) in [5.74, 6) is -0.402. The van der Waals surface area contributed by atoms with E-state index in [0.717, 1.165) is 0 Å². The van der Waals surface area contributed by atoms with Crippen molar-refractivity contribution in [2.75, 3.05) is 13.2 Å². The Bertz CT molecular complexity index is 306.